The van der Waals surface area contributed by atoms with Crippen LogP contribution < -0.4 is 9.47 Å². The van der Waals surface area contributed by atoms with Crippen LogP contribution >= 0.6 is 0 Å². The van der Waals surface area contributed by atoms with Gasteiger partial charge in [0.15, 0.2) is 21.2 Å². The number of likely N-dealkylation sites (N-methyl/N-ethyl adjacent to an activating group) is 1. The predicted octanol–water partition coefficient (Wildman–Crippen LogP) is 0.509. The van der Waals surface area contributed by atoms with E-state index in [4.69, 9.17) is 25.4 Å². The lowest BCUT2D eigenvalue weighted by molar-refractivity contribution is -0.159. The summed E-state index contributed by atoms with van der Waals surface area (Å²) in [4.78, 5) is 30.7. The highest BCUT2D eigenvalue weighted by Gasteiger charge is 2.81. The summed E-state index contributed by atoms with van der Waals surface area (Å²) in [5.74, 6) is 0.871. The summed E-state index contributed by atoms with van der Waals surface area (Å²) in [6, 6.07) is 7.48. The van der Waals surface area contributed by atoms with E-state index in [1.54, 1.807) is 18.9 Å². The Morgan fingerprint density at radius 3 is 2.67 bits per heavy atom. The number of rotatable bonds is 3. The molecule has 174 valence electrons. The molecule has 5 atom stereocenters. The van der Waals surface area contributed by atoms with Crippen LogP contribution in [-0.4, -0.2) is 82.9 Å². The highest BCUT2D eigenvalue weighted by Crippen LogP contribution is 2.65. The summed E-state index contributed by atoms with van der Waals surface area (Å²) in [6.07, 6.45) is 0.226. The molecule has 5 heterocycles. The third-order valence-corrected chi connectivity index (χ3v) is 11.9. The number of benzene rings is 1. The van der Waals surface area contributed by atoms with Gasteiger partial charge < -0.3 is 24.0 Å². The maximum Gasteiger partial charge on any atom is 0.261 e. The molecule has 0 saturated carbocycles. The molecule has 9 nitrogen and oxygen atoms in total. The molecule has 0 aliphatic carbocycles. The van der Waals surface area contributed by atoms with Gasteiger partial charge in [-0.3, -0.25) is 14.5 Å². The summed E-state index contributed by atoms with van der Waals surface area (Å²) in [7, 11) is 0.659. The fourth-order valence-electron chi connectivity index (χ4n) is 6.10. The Balaban J connectivity index is 1.53. The van der Waals surface area contributed by atoms with Crippen molar-refractivity contribution in [3.8, 4) is 17.6 Å². The minimum Gasteiger partial charge on any atom is -0.454 e. The molecule has 5 unspecified atom stereocenters. The first-order chi connectivity index (χ1) is 15.8. The predicted molar refractivity (Wildman–Crippen MR) is 121 cm³/mol. The van der Waals surface area contributed by atoms with Gasteiger partial charge in [-0.1, -0.05) is 15.5 Å². The highest BCUT2D eigenvalue weighted by atomic mass is 32.8. The fraction of sp³-hybridized carbons (Fsp3) is 0.591. The summed E-state index contributed by atoms with van der Waals surface area (Å²) >= 11 is 5.94. The Bertz CT molecular complexity index is 1150. The zero-order valence-corrected chi connectivity index (χ0v) is 20.0. The molecule has 0 radical (unpaired) electrons. The molecular formula is C22H24N4O5S2. The van der Waals surface area contributed by atoms with E-state index in [0.717, 1.165) is 5.56 Å². The molecule has 1 spiro atoms. The number of morpholine rings is 1. The van der Waals surface area contributed by atoms with Crippen LogP contribution in [-0.2, 0) is 35.0 Å². The third kappa shape index (κ3) is 2.45. The lowest BCUT2D eigenvalue weighted by Gasteiger charge is -2.41. The maximum absolute atomic E-state index is 13.9. The molecule has 33 heavy (non-hydrogen) atoms. The number of carbonyl (C=O) groups is 2. The summed E-state index contributed by atoms with van der Waals surface area (Å²) < 4.78 is 16.6. The Labute approximate surface area is 198 Å². The molecule has 0 aromatic heterocycles. The van der Waals surface area contributed by atoms with E-state index in [0.29, 0.717) is 44.3 Å². The van der Waals surface area contributed by atoms with Gasteiger partial charge in [-0.15, -0.1) is 0 Å². The minimum atomic E-state index is -1.18. The summed E-state index contributed by atoms with van der Waals surface area (Å²) in [5, 5.41) is 10.7. The average Bonchev–Trinajstić information content (AvgIpc) is 3.49. The van der Waals surface area contributed by atoms with E-state index in [2.05, 4.69) is 11.0 Å². The normalized spacial score (nSPS) is 39.3. The first kappa shape index (κ1) is 21.3. The second-order valence-corrected chi connectivity index (χ2v) is 12.4. The molecule has 4 fully saturated rings. The number of hydrogen-bond donors (Lipinski definition) is 0. The molecule has 1 aromatic carbocycles. The zero-order valence-electron chi connectivity index (χ0n) is 18.4. The molecule has 5 aliphatic rings. The molecular weight excluding hydrogens is 464 g/mol. The zero-order chi connectivity index (χ0) is 23.2. The van der Waals surface area contributed by atoms with Crippen LogP contribution in [0.5, 0.6) is 11.5 Å². The first-order valence-electron chi connectivity index (χ1n) is 10.9. The van der Waals surface area contributed by atoms with Gasteiger partial charge in [0.05, 0.1) is 30.7 Å². The van der Waals surface area contributed by atoms with Crippen molar-refractivity contribution >= 4 is 32.5 Å². The van der Waals surface area contributed by atoms with Crippen LogP contribution in [0.4, 0.5) is 0 Å². The van der Waals surface area contributed by atoms with Gasteiger partial charge in [-0.05, 0) is 35.8 Å². The molecule has 6 rings (SSSR count). The number of nitrogens with zero attached hydrogens (tertiary/aromatic N) is 4. The van der Waals surface area contributed by atoms with Gasteiger partial charge in [0, 0.05) is 33.1 Å². The maximum atomic E-state index is 13.9. The van der Waals surface area contributed by atoms with E-state index in [9.17, 15) is 14.9 Å². The average molecular weight is 489 g/mol. The van der Waals surface area contributed by atoms with Crippen molar-refractivity contribution in [1.29, 1.82) is 5.26 Å². The van der Waals surface area contributed by atoms with Crippen LogP contribution in [0.15, 0.2) is 18.2 Å². The van der Waals surface area contributed by atoms with Crippen LogP contribution in [0.25, 0.3) is 0 Å². The standard InChI is InChI=1S/C22H24N4O5S2/c1-20-18(27)26-17(14-3-4-15-16(9-14)31-13-30-15)21(11-23,12-25-5-7-29-8-6-25)10-22(26,33(20)32)19(28)24(20)2/h3-4,9,17H,5-8,10,12-13H2,1-2H3. The Hall–Kier alpha value is -2.26. The van der Waals surface area contributed by atoms with Crippen LogP contribution in [0.2, 0.25) is 0 Å². The quantitative estimate of drug-likeness (QED) is 0.608. The minimum absolute atomic E-state index is 0.129. The van der Waals surface area contributed by atoms with E-state index in [1.165, 1.54) is 4.90 Å². The Morgan fingerprint density at radius 2 is 1.94 bits per heavy atom. The summed E-state index contributed by atoms with van der Waals surface area (Å²) in [6.45, 7) is 4.90. The molecule has 5 aliphatic heterocycles. The molecule has 2 bridgehead atoms. The van der Waals surface area contributed by atoms with Crippen molar-refractivity contribution in [3.63, 3.8) is 0 Å². The SMILES string of the molecule is CN1C(=O)C23CC(C#N)(CN4CCOCC4)C(c4ccc5c(c4)OCO5)N2C(=O)C1(C)S3=S. The van der Waals surface area contributed by atoms with Crippen molar-refractivity contribution in [3.05, 3.63) is 23.8 Å². The van der Waals surface area contributed by atoms with E-state index >= 15 is 0 Å². The lowest BCUT2D eigenvalue weighted by Crippen LogP contribution is -2.61. The van der Waals surface area contributed by atoms with Gasteiger partial charge in [0.1, 0.15) is 0 Å². The van der Waals surface area contributed by atoms with Crippen molar-refractivity contribution in [2.24, 2.45) is 5.41 Å². The highest BCUT2D eigenvalue weighted by molar-refractivity contribution is 8.31. The van der Waals surface area contributed by atoms with Gasteiger partial charge in [0.25, 0.3) is 11.8 Å². The second-order valence-electron chi connectivity index (χ2n) is 9.42. The number of carbonyl (C=O) groups excluding carboxylic acids is 2. The van der Waals surface area contributed by atoms with Gasteiger partial charge in [-0.25, -0.2) is 0 Å². The third-order valence-electron chi connectivity index (χ3n) is 7.83. The van der Waals surface area contributed by atoms with E-state index < -0.39 is 30.7 Å². The second kappa shape index (κ2) is 6.88. The first-order valence-corrected chi connectivity index (χ1v) is 13.1. The lowest BCUT2D eigenvalue weighted by atomic mass is 9.76. The fourth-order valence-corrected chi connectivity index (χ4v) is 9.58. The van der Waals surface area contributed by atoms with E-state index in [1.807, 2.05) is 18.2 Å². The largest absolute Gasteiger partial charge is 0.454 e. The smallest absolute Gasteiger partial charge is 0.261 e. The van der Waals surface area contributed by atoms with Crippen molar-refractivity contribution < 1.29 is 23.8 Å². The summed E-state index contributed by atoms with van der Waals surface area (Å²) in [5.41, 5.74) is -0.245. The number of hydrogen-bond acceptors (Lipinski definition) is 8. The van der Waals surface area contributed by atoms with Crippen molar-refractivity contribution in [2.75, 3.05) is 46.7 Å². The van der Waals surface area contributed by atoms with Crippen molar-refractivity contribution in [2.45, 2.75) is 29.1 Å². The molecule has 1 aromatic rings. The van der Waals surface area contributed by atoms with Gasteiger partial charge >= 0.3 is 0 Å². The number of nitriles is 1. The molecule has 11 heteroatoms. The molecule has 0 N–H and O–H groups in total. The Morgan fingerprint density at radius 1 is 1.21 bits per heavy atom. The van der Waals surface area contributed by atoms with Crippen molar-refractivity contribution in [1.82, 2.24) is 14.7 Å². The van der Waals surface area contributed by atoms with Crippen LogP contribution in [0.1, 0.15) is 24.9 Å². The molecule has 4 saturated heterocycles. The number of ether oxygens (including phenoxy) is 3. The molecule has 2 amide bonds. The van der Waals surface area contributed by atoms with Crippen LogP contribution in [0, 0.1) is 16.7 Å². The van der Waals surface area contributed by atoms with Gasteiger partial charge in [-0.2, -0.15) is 5.26 Å². The van der Waals surface area contributed by atoms with Crippen LogP contribution in [0.3, 0.4) is 0 Å². The number of amides is 2. The number of fused-ring (bicyclic) bond motifs is 2. The van der Waals surface area contributed by atoms with Gasteiger partial charge in [0.2, 0.25) is 6.79 Å². The van der Waals surface area contributed by atoms with E-state index in [-0.39, 0.29) is 25.0 Å². The number of piperazine rings is 1. The topological polar surface area (TPSA) is 95.3 Å². The Kier molecular flexibility index (Phi) is 4.44. The monoisotopic (exact) mass is 488 g/mol.